The van der Waals surface area contributed by atoms with Crippen LogP contribution in [0.5, 0.6) is 11.5 Å². The molecule has 6 heteroatoms. The summed E-state index contributed by atoms with van der Waals surface area (Å²) in [6, 6.07) is 20.6. The Hall–Kier alpha value is -4.06. The Bertz CT molecular complexity index is 1470. The molecule has 0 radical (unpaired) electrons. The molecule has 1 aromatic heterocycles. The van der Waals surface area contributed by atoms with Gasteiger partial charge in [-0.1, -0.05) is 30.3 Å². The molecule has 39 heavy (non-hydrogen) atoms. The van der Waals surface area contributed by atoms with Gasteiger partial charge in [0.1, 0.15) is 5.82 Å². The highest BCUT2D eigenvalue weighted by molar-refractivity contribution is 5.96. The van der Waals surface area contributed by atoms with Gasteiger partial charge in [0.2, 0.25) is 5.91 Å². The van der Waals surface area contributed by atoms with Crippen molar-refractivity contribution in [3.05, 3.63) is 95.8 Å². The maximum Gasteiger partial charge on any atom is 0.227 e. The Labute approximate surface area is 230 Å². The average Bonchev–Trinajstić information content (AvgIpc) is 3.49. The predicted octanol–water partition coefficient (Wildman–Crippen LogP) is 6.77. The molecule has 0 saturated carbocycles. The van der Waals surface area contributed by atoms with E-state index in [2.05, 4.69) is 61.4 Å². The van der Waals surface area contributed by atoms with Crippen molar-refractivity contribution in [3.63, 3.8) is 0 Å². The van der Waals surface area contributed by atoms with Gasteiger partial charge in [0.15, 0.2) is 11.5 Å². The number of imidazole rings is 1. The van der Waals surface area contributed by atoms with Gasteiger partial charge in [-0.3, -0.25) is 4.79 Å². The number of unbranched alkanes of at least 4 members (excludes halogenated alkanes) is 1. The number of ether oxygens (including phenoxy) is 2. The largest absolute Gasteiger partial charge is 0.493 e. The SMILES string of the molecule is C=CCc1ccc(OCCCCn2c(C3CC(=O)N(c4cc(C)cc(C)c4)C3)nc3ccccc32)c(OC)c1. The van der Waals surface area contributed by atoms with Crippen molar-refractivity contribution in [1.82, 2.24) is 9.55 Å². The van der Waals surface area contributed by atoms with Crippen LogP contribution in [0.4, 0.5) is 5.69 Å². The zero-order chi connectivity index (χ0) is 27.4. The number of carbonyl (C=O) groups excluding carboxylic acids is 1. The van der Waals surface area contributed by atoms with Crippen LogP contribution in [0, 0.1) is 13.8 Å². The van der Waals surface area contributed by atoms with Gasteiger partial charge in [-0.05, 0) is 86.2 Å². The number of para-hydroxylation sites is 2. The highest BCUT2D eigenvalue weighted by Gasteiger charge is 2.35. The number of hydrogen-bond donors (Lipinski definition) is 0. The van der Waals surface area contributed by atoms with Crippen molar-refractivity contribution >= 4 is 22.6 Å². The first-order chi connectivity index (χ1) is 19.0. The number of amides is 1. The maximum absolute atomic E-state index is 13.1. The summed E-state index contributed by atoms with van der Waals surface area (Å²) in [6.45, 7) is 10.0. The third-order valence-corrected chi connectivity index (χ3v) is 7.33. The molecular formula is C33H37N3O3. The van der Waals surface area contributed by atoms with Gasteiger partial charge in [-0.25, -0.2) is 4.98 Å². The number of carbonyl (C=O) groups is 1. The predicted molar refractivity (Wildman–Crippen MR) is 157 cm³/mol. The van der Waals surface area contributed by atoms with E-state index in [1.807, 2.05) is 35.2 Å². The van der Waals surface area contributed by atoms with Crippen LogP contribution in [-0.4, -0.2) is 35.7 Å². The third-order valence-electron chi connectivity index (χ3n) is 7.33. The second-order valence-corrected chi connectivity index (χ2v) is 10.4. The van der Waals surface area contributed by atoms with Crippen LogP contribution in [0.1, 0.15) is 47.7 Å². The van der Waals surface area contributed by atoms with Crippen LogP contribution in [0.3, 0.4) is 0 Å². The number of fused-ring (bicyclic) bond motifs is 1. The molecule has 3 aromatic carbocycles. The molecule has 1 aliphatic heterocycles. The normalized spacial score (nSPS) is 15.2. The molecule has 2 heterocycles. The van der Waals surface area contributed by atoms with E-state index in [0.29, 0.717) is 19.6 Å². The number of hydrogen-bond acceptors (Lipinski definition) is 4. The molecule has 4 aromatic rings. The van der Waals surface area contributed by atoms with Gasteiger partial charge in [0.05, 0.1) is 24.8 Å². The summed E-state index contributed by atoms with van der Waals surface area (Å²) in [7, 11) is 1.67. The van der Waals surface area contributed by atoms with E-state index in [1.54, 1.807) is 7.11 Å². The van der Waals surface area contributed by atoms with Gasteiger partial charge < -0.3 is 18.9 Å². The molecule has 0 bridgehead atoms. The van der Waals surface area contributed by atoms with Gasteiger partial charge >= 0.3 is 0 Å². The lowest BCUT2D eigenvalue weighted by atomic mass is 10.1. The molecule has 0 spiro atoms. The van der Waals surface area contributed by atoms with Crippen molar-refractivity contribution in [3.8, 4) is 11.5 Å². The van der Waals surface area contributed by atoms with Crippen LogP contribution in [-0.2, 0) is 17.8 Å². The summed E-state index contributed by atoms with van der Waals surface area (Å²) < 4.78 is 13.9. The number of anilines is 1. The molecule has 1 amide bonds. The third kappa shape index (κ3) is 5.85. The Morgan fingerprint density at radius 3 is 2.59 bits per heavy atom. The first-order valence-electron chi connectivity index (χ1n) is 13.7. The lowest BCUT2D eigenvalue weighted by Crippen LogP contribution is -2.24. The van der Waals surface area contributed by atoms with E-state index in [9.17, 15) is 4.79 Å². The van der Waals surface area contributed by atoms with E-state index >= 15 is 0 Å². The van der Waals surface area contributed by atoms with Crippen LogP contribution in [0.2, 0.25) is 0 Å². The van der Waals surface area contributed by atoms with Crippen LogP contribution in [0.25, 0.3) is 11.0 Å². The molecule has 0 N–H and O–H groups in total. The summed E-state index contributed by atoms with van der Waals surface area (Å²) in [6.07, 6.45) is 4.98. The number of aromatic nitrogens is 2. The quantitative estimate of drug-likeness (QED) is 0.161. The topological polar surface area (TPSA) is 56.6 Å². The Morgan fingerprint density at radius 2 is 1.82 bits per heavy atom. The number of methoxy groups -OCH3 is 1. The molecule has 0 aliphatic carbocycles. The van der Waals surface area contributed by atoms with Crippen LogP contribution in [0.15, 0.2) is 73.3 Å². The fourth-order valence-electron chi connectivity index (χ4n) is 5.56. The number of benzene rings is 3. The second-order valence-electron chi connectivity index (χ2n) is 10.4. The zero-order valence-corrected chi connectivity index (χ0v) is 23.2. The zero-order valence-electron chi connectivity index (χ0n) is 23.2. The molecule has 1 atom stereocenters. The molecular weight excluding hydrogens is 486 g/mol. The second kappa shape index (κ2) is 11.8. The van der Waals surface area contributed by atoms with E-state index < -0.39 is 0 Å². The van der Waals surface area contributed by atoms with E-state index in [1.165, 1.54) is 11.1 Å². The number of nitrogens with zero attached hydrogens (tertiary/aromatic N) is 3. The van der Waals surface area contributed by atoms with Crippen molar-refractivity contribution in [2.24, 2.45) is 0 Å². The first kappa shape index (κ1) is 26.5. The summed E-state index contributed by atoms with van der Waals surface area (Å²) in [5.41, 5.74) is 6.56. The molecule has 1 saturated heterocycles. The molecule has 202 valence electrons. The van der Waals surface area contributed by atoms with Gasteiger partial charge in [-0.15, -0.1) is 6.58 Å². The first-order valence-corrected chi connectivity index (χ1v) is 13.7. The summed E-state index contributed by atoms with van der Waals surface area (Å²) in [4.78, 5) is 20.0. The summed E-state index contributed by atoms with van der Waals surface area (Å²) in [5, 5.41) is 0. The van der Waals surface area contributed by atoms with Gasteiger partial charge in [0.25, 0.3) is 0 Å². The van der Waals surface area contributed by atoms with Gasteiger partial charge in [-0.2, -0.15) is 0 Å². The Morgan fingerprint density at radius 1 is 1.03 bits per heavy atom. The fourth-order valence-corrected chi connectivity index (χ4v) is 5.56. The summed E-state index contributed by atoms with van der Waals surface area (Å²) in [5.74, 6) is 2.72. The van der Waals surface area contributed by atoms with Crippen molar-refractivity contribution in [1.29, 1.82) is 0 Å². The monoisotopic (exact) mass is 523 g/mol. The molecule has 1 unspecified atom stereocenters. The minimum absolute atomic E-state index is 0.0558. The lowest BCUT2D eigenvalue weighted by Gasteiger charge is -2.19. The lowest BCUT2D eigenvalue weighted by molar-refractivity contribution is -0.117. The van der Waals surface area contributed by atoms with Crippen molar-refractivity contribution in [2.75, 3.05) is 25.2 Å². The highest BCUT2D eigenvalue weighted by atomic mass is 16.5. The maximum atomic E-state index is 13.1. The average molecular weight is 524 g/mol. The Kier molecular flexibility index (Phi) is 8.01. The van der Waals surface area contributed by atoms with E-state index in [-0.39, 0.29) is 11.8 Å². The van der Waals surface area contributed by atoms with Crippen molar-refractivity contribution < 1.29 is 14.3 Å². The highest BCUT2D eigenvalue weighted by Crippen LogP contribution is 2.34. The fraction of sp³-hybridized carbons (Fsp3) is 0.333. The number of allylic oxidation sites excluding steroid dienone is 1. The van der Waals surface area contributed by atoms with Crippen molar-refractivity contribution in [2.45, 2.75) is 52.0 Å². The van der Waals surface area contributed by atoms with E-state index in [0.717, 1.165) is 65.4 Å². The van der Waals surface area contributed by atoms with E-state index in [4.69, 9.17) is 14.5 Å². The minimum atomic E-state index is 0.0558. The smallest absolute Gasteiger partial charge is 0.227 e. The molecule has 6 nitrogen and oxygen atoms in total. The standard InChI is InChI=1S/C33H37N3O3/c1-5-10-25-13-14-30(31(20-25)38-4)39-16-9-8-15-35-29-12-7-6-11-28(29)34-33(35)26-21-32(37)36(22-26)27-18-23(2)17-24(3)19-27/h5-7,11-14,17-20,26H,1,8-10,15-16,21-22H2,2-4H3. The Balaban J connectivity index is 1.27. The number of aryl methyl sites for hydroxylation is 3. The van der Waals surface area contributed by atoms with Gasteiger partial charge in [0, 0.05) is 31.1 Å². The molecule has 1 fully saturated rings. The molecule has 5 rings (SSSR count). The summed E-state index contributed by atoms with van der Waals surface area (Å²) >= 11 is 0. The molecule has 1 aliphatic rings. The van der Waals surface area contributed by atoms with Crippen LogP contribution < -0.4 is 14.4 Å². The minimum Gasteiger partial charge on any atom is -0.493 e. The number of rotatable bonds is 11. The van der Waals surface area contributed by atoms with Crippen LogP contribution >= 0.6 is 0 Å².